The molecule has 11 heteroatoms. The Kier molecular flexibility index (Phi) is 11.4. The number of benzene rings is 3. The van der Waals surface area contributed by atoms with E-state index in [0.717, 1.165) is 33.4 Å². The summed E-state index contributed by atoms with van der Waals surface area (Å²) in [6.45, 7) is 2.28. The third-order valence-corrected chi connectivity index (χ3v) is 9.10. The number of nitrogens with zero attached hydrogens (tertiary/aromatic N) is 1. The minimum atomic E-state index is -1.03. The van der Waals surface area contributed by atoms with Crippen LogP contribution in [0.5, 0.6) is 0 Å². The standard InChI is InChI=1S/C36H36N2O8S/c1-22-30(21-47-34-29(35(43)44)6-3-17-37-34)45-36(46-33(22)26-9-7-23(20-39)8-10-26)27-13-11-25(12-14-27)28-5-2-4-24(18-28)19-38-31(40)15-16-32(41)42/h2-14,17-18,22,30,33,36,39H,15-16,19-21H2,1H3,(H,38,40)(H,41,42)(H,43,44)/t22-,30+,33+,36+/m0/s1. The maximum atomic E-state index is 12.0. The summed E-state index contributed by atoms with van der Waals surface area (Å²) in [7, 11) is 0. The number of ether oxygens (including phenoxy) is 2. The summed E-state index contributed by atoms with van der Waals surface area (Å²) >= 11 is 1.34. The molecule has 5 rings (SSSR count). The van der Waals surface area contributed by atoms with Gasteiger partial charge in [0, 0.05) is 36.4 Å². The van der Waals surface area contributed by atoms with Crippen molar-refractivity contribution in [1.29, 1.82) is 0 Å². The summed E-state index contributed by atoms with van der Waals surface area (Å²) < 4.78 is 13.1. The third-order valence-electron chi connectivity index (χ3n) is 8.01. The molecule has 1 amide bonds. The number of carboxylic acids is 2. The van der Waals surface area contributed by atoms with Gasteiger partial charge in [-0.2, -0.15) is 0 Å². The number of aromatic carboxylic acids is 1. The van der Waals surface area contributed by atoms with Crippen molar-refractivity contribution in [3.63, 3.8) is 0 Å². The highest BCUT2D eigenvalue weighted by atomic mass is 32.2. The molecule has 1 aromatic heterocycles. The molecule has 0 radical (unpaired) electrons. The number of pyridine rings is 1. The van der Waals surface area contributed by atoms with Gasteiger partial charge in [0.15, 0.2) is 6.29 Å². The number of aromatic nitrogens is 1. The van der Waals surface area contributed by atoms with Crippen LogP contribution < -0.4 is 5.32 Å². The van der Waals surface area contributed by atoms with Gasteiger partial charge in [-0.15, -0.1) is 11.8 Å². The lowest BCUT2D eigenvalue weighted by Crippen LogP contribution is -2.38. The van der Waals surface area contributed by atoms with E-state index in [1.165, 1.54) is 17.8 Å². The van der Waals surface area contributed by atoms with Crippen LogP contribution in [0, 0.1) is 5.92 Å². The number of thioether (sulfide) groups is 1. The molecule has 4 atom stereocenters. The summed E-state index contributed by atoms with van der Waals surface area (Å²) in [5.74, 6) is -1.98. The Hall–Kier alpha value is -4.55. The van der Waals surface area contributed by atoms with Crippen molar-refractivity contribution in [2.45, 2.75) is 56.4 Å². The number of hydrogen-bond acceptors (Lipinski definition) is 8. The molecular weight excluding hydrogens is 620 g/mol. The van der Waals surface area contributed by atoms with Crippen molar-refractivity contribution in [3.8, 4) is 11.1 Å². The van der Waals surface area contributed by atoms with Crippen LogP contribution in [-0.2, 0) is 32.2 Å². The second kappa shape index (κ2) is 15.8. The Morgan fingerprint density at radius 2 is 1.60 bits per heavy atom. The van der Waals surface area contributed by atoms with Crippen molar-refractivity contribution in [2.24, 2.45) is 5.92 Å². The highest BCUT2D eigenvalue weighted by Crippen LogP contribution is 2.43. The van der Waals surface area contributed by atoms with Crippen LogP contribution in [0.15, 0.2) is 96.2 Å². The molecule has 0 bridgehead atoms. The van der Waals surface area contributed by atoms with Gasteiger partial charge in [0.1, 0.15) is 5.03 Å². The number of carbonyl (C=O) groups excluding carboxylic acids is 1. The van der Waals surface area contributed by atoms with Crippen LogP contribution in [0.1, 0.15) is 64.8 Å². The molecular formula is C36H36N2O8S. The van der Waals surface area contributed by atoms with E-state index in [-0.39, 0.29) is 49.0 Å². The van der Waals surface area contributed by atoms with Crippen LogP contribution >= 0.6 is 11.8 Å². The van der Waals surface area contributed by atoms with Crippen molar-refractivity contribution in [3.05, 3.63) is 119 Å². The average molecular weight is 657 g/mol. The Morgan fingerprint density at radius 1 is 0.851 bits per heavy atom. The minimum Gasteiger partial charge on any atom is -0.481 e. The lowest BCUT2D eigenvalue weighted by molar-refractivity contribution is -0.268. The summed E-state index contributed by atoms with van der Waals surface area (Å²) in [6, 6.07) is 26.4. The predicted molar refractivity (Wildman–Crippen MR) is 175 cm³/mol. The topological polar surface area (TPSA) is 155 Å². The van der Waals surface area contributed by atoms with E-state index in [1.807, 2.05) is 79.7 Å². The van der Waals surface area contributed by atoms with Gasteiger partial charge in [-0.25, -0.2) is 9.78 Å². The molecule has 3 aromatic carbocycles. The Bertz CT molecular complexity index is 1700. The first-order chi connectivity index (χ1) is 22.7. The van der Waals surface area contributed by atoms with Gasteiger partial charge in [-0.05, 0) is 46.0 Å². The zero-order valence-electron chi connectivity index (χ0n) is 25.7. The molecule has 0 unspecified atom stereocenters. The number of aliphatic hydroxyl groups excluding tert-OH is 1. The molecule has 2 heterocycles. The predicted octanol–water partition coefficient (Wildman–Crippen LogP) is 6.00. The number of carbonyl (C=O) groups is 3. The first-order valence-corrected chi connectivity index (χ1v) is 16.2. The summed E-state index contributed by atoms with van der Waals surface area (Å²) in [5, 5.41) is 31.1. The van der Waals surface area contributed by atoms with E-state index < -0.39 is 18.2 Å². The number of aliphatic hydroxyl groups is 1. The van der Waals surface area contributed by atoms with E-state index in [9.17, 15) is 24.6 Å². The van der Waals surface area contributed by atoms with Crippen molar-refractivity contribution < 1.29 is 39.2 Å². The van der Waals surface area contributed by atoms with E-state index in [2.05, 4.69) is 10.3 Å². The number of amides is 1. The fourth-order valence-corrected chi connectivity index (χ4v) is 6.49. The molecule has 4 N–H and O–H groups in total. The third kappa shape index (κ3) is 8.83. The van der Waals surface area contributed by atoms with Crippen LogP contribution in [0.2, 0.25) is 0 Å². The van der Waals surface area contributed by atoms with Crippen molar-refractivity contribution in [1.82, 2.24) is 10.3 Å². The first-order valence-electron chi connectivity index (χ1n) is 15.2. The highest BCUT2D eigenvalue weighted by molar-refractivity contribution is 7.99. The minimum absolute atomic E-state index is 0.0565. The summed E-state index contributed by atoms with van der Waals surface area (Å²) in [6.07, 6.45) is -0.0148. The van der Waals surface area contributed by atoms with Gasteiger partial charge in [0.05, 0.1) is 30.8 Å². The van der Waals surface area contributed by atoms with Gasteiger partial charge in [-0.3, -0.25) is 9.59 Å². The van der Waals surface area contributed by atoms with Gasteiger partial charge >= 0.3 is 11.9 Å². The smallest absolute Gasteiger partial charge is 0.338 e. The second-order valence-electron chi connectivity index (χ2n) is 11.3. The number of nitrogens with one attached hydrogen (secondary N) is 1. The monoisotopic (exact) mass is 656 g/mol. The molecule has 0 aliphatic carbocycles. The second-order valence-corrected chi connectivity index (χ2v) is 12.3. The highest BCUT2D eigenvalue weighted by Gasteiger charge is 2.38. The number of hydrogen-bond donors (Lipinski definition) is 4. The fourth-order valence-electron chi connectivity index (χ4n) is 5.34. The largest absolute Gasteiger partial charge is 0.481 e. The number of aliphatic carboxylic acids is 1. The first kappa shape index (κ1) is 33.8. The number of carboxylic acid groups (broad SMARTS) is 2. The molecule has 4 aromatic rings. The van der Waals surface area contributed by atoms with Crippen LogP contribution in [0.4, 0.5) is 0 Å². The molecule has 1 aliphatic rings. The van der Waals surface area contributed by atoms with E-state index >= 15 is 0 Å². The summed E-state index contributed by atoms with van der Waals surface area (Å²) in [4.78, 5) is 38.7. The Balaban J connectivity index is 1.33. The van der Waals surface area contributed by atoms with Crippen LogP contribution in [0.3, 0.4) is 0 Å². The molecule has 0 saturated carbocycles. The zero-order valence-corrected chi connectivity index (χ0v) is 26.6. The molecule has 1 aliphatic heterocycles. The molecule has 10 nitrogen and oxygen atoms in total. The SMILES string of the molecule is C[C@H]1[C@@H](CSc2ncccc2C(=O)O)O[C@@H](c2ccc(-c3cccc(CNC(=O)CCC(=O)O)c3)cc2)O[C@H]1c1ccc(CO)cc1. The van der Waals surface area contributed by atoms with E-state index in [1.54, 1.807) is 12.3 Å². The quantitative estimate of drug-likeness (QED) is 0.126. The Labute approximate surface area is 276 Å². The van der Waals surface area contributed by atoms with Crippen molar-refractivity contribution in [2.75, 3.05) is 5.75 Å². The van der Waals surface area contributed by atoms with E-state index in [4.69, 9.17) is 14.6 Å². The zero-order chi connectivity index (χ0) is 33.3. The lowest BCUT2D eigenvalue weighted by atomic mass is 9.91. The van der Waals surface area contributed by atoms with Crippen LogP contribution in [-0.4, -0.2) is 50.0 Å². The van der Waals surface area contributed by atoms with Gasteiger partial charge in [0.25, 0.3) is 0 Å². The Morgan fingerprint density at radius 3 is 2.30 bits per heavy atom. The normalized spacial score (nSPS) is 19.2. The summed E-state index contributed by atoms with van der Waals surface area (Å²) in [5.41, 5.74) is 5.51. The van der Waals surface area contributed by atoms with Crippen molar-refractivity contribution >= 4 is 29.6 Å². The van der Waals surface area contributed by atoms with Gasteiger partial charge in [0.2, 0.25) is 5.91 Å². The lowest BCUT2D eigenvalue weighted by Gasteiger charge is -2.41. The molecule has 1 fully saturated rings. The molecule has 1 saturated heterocycles. The molecule has 0 spiro atoms. The van der Waals surface area contributed by atoms with Gasteiger partial charge < -0.3 is 30.1 Å². The fraction of sp³-hybridized carbons (Fsp3) is 0.278. The average Bonchev–Trinajstić information content (AvgIpc) is 3.09. The maximum Gasteiger partial charge on any atom is 0.338 e. The molecule has 244 valence electrons. The van der Waals surface area contributed by atoms with Crippen LogP contribution in [0.25, 0.3) is 11.1 Å². The van der Waals surface area contributed by atoms with E-state index in [0.29, 0.717) is 17.3 Å². The molecule has 47 heavy (non-hydrogen) atoms. The van der Waals surface area contributed by atoms with Gasteiger partial charge in [-0.1, -0.05) is 73.7 Å². The number of rotatable bonds is 13. The maximum absolute atomic E-state index is 12.0.